The first-order valence-corrected chi connectivity index (χ1v) is 9.01. The number of hydrogen-bond acceptors (Lipinski definition) is 3. The number of nitrogens with zero attached hydrogens (tertiary/aromatic N) is 1. The average molecular weight is 354 g/mol. The van der Waals surface area contributed by atoms with E-state index < -0.39 is 5.91 Å². The molecule has 0 saturated heterocycles. The van der Waals surface area contributed by atoms with Crippen LogP contribution in [0.3, 0.4) is 0 Å². The summed E-state index contributed by atoms with van der Waals surface area (Å²) in [6.45, 7) is 16.7. The monoisotopic (exact) mass is 354 g/mol. The molecule has 0 aliphatic heterocycles. The van der Waals surface area contributed by atoms with Gasteiger partial charge >= 0.3 is 0 Å². The highest BCUT2D eigenvalue weighted by Crippen LogP contribution is 2.48. The molecule has 4 heteroatoms. The van der Waals surface area contributed by atoms with Crippen molar-refractivity contribution in [2.75, 3.05) is 12.3 Å². The Bertz CT molecular complexity index is 725. The lowest BCUT2D eigenvalue weighted by atomic mass is 9.61. The fraction of sp³-hybridized carbons (Fsp3) is 0.409. The van der Waals surface area contributed by atoms with Crippen LogP contribution in [0, 0.1) is 17.3 Å². The molecule has 3 atom stereocenters. The zero-order valence-corrected chi connectivity index (χ0v) is 15.9. The maximum absolute atomic E-state index is 12.4. The van der Waals surface area contributed by atoms with E-state index in [9.17, 15) is 10.0 Å². The van der Waals surface area contributed by atoms with Crippen LogP contribution in [0.1, 0.15) is 43.5 Å². The van der Waals surface area contributed by atoms with Gasteiger partial charge in [-0.25, -0.2) is 5.06 Å². The van der Waals surface area contributed by atoms with Crippen LogP contribution < -0.4 is 5.73 Å². The predicted molar refractivity (Wildman–Crippen MR) is 107 cm³/mol. The third-order valence-corrected chi connectivity index (χ3v) is 5.71. The molecule has 0 spiro atoms. The quantitative estimate of drug-likeness (QED) is 0.332. The van der Waals surface area contributed by atoms with Crippen LogP contribution in [0.5, 0.6) is 0 Å². The van der Waals surface area contributed by atoms with E-state index in [1.54, 1.807) is 24.3 Å². The van der Waals surface area contributed by atoms with E-state index in [2.05, 4.69) is 33.6 Å². The van der Waals surface area contributed by atoms with Gasteiger partial charge in [0.1, 0.15) is 0 Å². The largest absolute Gasteiger partial charge is 0.399 e. The summed E-state index contributed by atoms with van der Waals surface area (Å²) in [4.78, 5) is 12.4. The molecule has 0 bridgehead atoms. The molecule has 2 rings (SSSR count). The molecule has 26 heavy (non-hydrogen) atoms. The molecule has 0 aromatic heterocycles. The van der Waals surface area contributed by atoms with E-state index in [-0.39, 0.29) is 17.9 Å². The molecule has 1 aromatic carbocycles. The molecule has 0 unspecified atom stereocenters. The topological polar surface area (TPSA) is 66.6 Å². The standard InChI is InChI=1S/C22H30N2O2/c1-6-22(5)11-10-17(13-20(22)15(2)3)16(4)14-24(26)21(25)18-8-7-9-19(23)12-18/h6-9,12,17,20,26H,1-2,4,10-11,13-14,23H2,3,5H3/t17-,20+,22-/m1/s1. The van der Waals surface area contributed by atoms with Gasteiger partial charge in [0.15, 0.2) is 0 Å². The molecular formula is C22H30N2O2. The fourth-order valence-corrected chi connectivity index (χ4v) is 3.92. The molecule has 1 aliphatic carbocycles. The van der Waals surface area contributed by atoms with Gasteiger partial charge in [0, 0.05) is 11.3 Å². The number of carbonyl (C=O) groups excluding carboxylic acids is 1. The zero-order chi connectivity index (χ0) is 19.5. The maximum Gasteiger partial charge on any atom is 0.277 e. The third kappa shape index (κ3) is 4.25. The van der Waals surface area contributed by atoms with Crippen molar-refractivity contribution in [2.24, 2.45) is 17.3 Å². The fourth-order valence-electron chi connectivity index (χ4n) is 3.92. The van der Waals surface area contributed by atoms with Crippen molar-refractivity contribution in [1.82, 2.24) is 5.06 Å². The minimum atomic E-state index is -0.471. The van der Waals surface area contributed by atoms with Crippen molar-refractivity contribution >= 4 is 11.6 Å². The van der Waals surface area contributed by atoms with Crippen molar-refractivity contribution < 1.29 is 10.0 Å². The number of benzene rings is 1. The first-order chi connectivity index (χ1) is 12.2. The van der Waals surface area contributed by atoms with E-state index in [0.717, 1.165) is 35.5 Å². The molecule has 1 saturated carbocycles. The van der Waals surface area contributed by atoms with Crippen LogP contribution in [-0.4, -0.2) is 22.7 Å². The van der Waals surface area contributed by atoms with Crippen LogP contribution in [-0.2, 0) is 0 Å². The van der Waals surface area contributed by atoms with E-state index >= 15 is 0 Å². The minimum absolute atomic E-state index is 0.0406. The Balaban J connectivity index is 2.04. The highest BCUT2D eigenvalue weighted by molar-refractivity contribution is 5.94. The van der Waals surface area contributed by atoms with Gasteiger partial charge < -0.3 is 5.73 Å². The maximum atomic E-state index is 12.4. The van der Waals surface area contributed by atoms with E-state index in [1.165, 1.54) is 0 Å². The van der Waals surface area contributed by atoms with Gasteiger partial charge in [0.05, 0.1) is 6.54 Å². The Kier molecular flexibility index (Phi) is 6.09. The van der Waals surface area contributed by atoms with Gasteiger partial charge in [0.2, 0.25) is 0 Å². The van der Waals surface area contributed by atoms with Gasteiger partial charge in [-0.2, -0.15) is 0 Å². The van der Waals surface area contributed by atoms with Gasteiger partial charge in [-0.1, -0.05) is 43.4 Å². The molecule has 4 nitrogen and oxygen atoms in total. The van der Waals surface area contributed by atoms with Crippen molar-refractivity contribution in [3.63, 3.8) is 0 Å². The normalized spacial score (nSPS) is 25.3. The Hall–Kier alpha value is -2.33. The zero-order valence-electron chi connectivity index (χ0n) is 15.9. The number of nitrogens with two attached hydrogens (primary N) is 1. The minimum Gasteiger partial charge on any atom is -0.399 e. The number of amides is 1. The average Bonchev–Trinajstić information content (AvgIpc) is 2.60. The predicted octanol–water partition coefficient (Wildman–Crippen LogP) is 4.84. The number of carbonyl (C=O) groups is 1. The molecule has 1 fully saturated rings. The Morgan fingerprint density at radius 1 is 1.46 bits per heavy atom. The second-order valence-electron chi connectivity index (χ2n) is 7.73. The molecule has 140 valence electrons. The molecule has 3 N–H and O–H groups in total. The number of hydroxylamine groups is 2. The molecule has 1 aliphatic rings. The lowest BCUT2D eigenvalue weighted by molar-refractivity contribution is -0.0532. The van der Waals surface area contributed by atoms with Crippen LogP contribution in [0.15, 0.2) is 61.2 Å². The van der Waals surface area contributed by atoms with Crippen LogP contribution in [0.2, 0.25) is 0 Å². The summed E-state index contributed by atoms with van der Waals surface area (Å²) in [5.74, 6) is 0.0990. The summed E-state index contributed by atoms with van der Waals surface area (Å²) in [6.07, 6.45) is 4.90. The highest BCUT2D eigenvalue weighted by Gasteiger charge is 2.39. The summed E-state index contributed by atoms with van der Waals surface area (Å²) >= 11 is 0. The van der Waals surface area contributed by atoms with Gasteiger partial charge in [-0.3, -0.25) is 10.0 Å². The summed E-state index contributed by atoms with van der Waals surface area (Å²) in [6, 6.07) is 6.59. The second kappa shape index (κ2) is 7.92. The number of allylic oxidation sites excluding steroid dienone is 2. The second-order valence-corrected chi connectivity index (χ2v) is 7.73. The molecule has 1 amide bonds. The number of rotatable bonds is 6. The van der Waals surface area contributed by atoms with Gasteiger partial charge in [-0.05, 0) is 61.6 Å². The number of nitrogen functional groups attached to an aromatic ring is 1. The number of hydrogen-bond donors (Lipinski definition) is 2. The van der Waals surface area contributed by atoms with Crippen LogP contribution >= 0.6 is 0 Å². The summed E-state index contributed by atoms with van der Waals surface area (Å²) in [5, 5.41) is 11.0. The first kappa shape index (κ1) is 20.0. The Morgan fingerprint density at radius 2 is 2.15 bits per heavy atom. The Labute approximate surface area is 156 Å². The van der Waals surface area contributed by atoms with Crippen LogP contribution in [0.25, 0.3) is 0 Å². The molecular weight excluding hydrogens is 324 g/mol. The van der Waals surface area contributed by atoms with Crippen molar-refractivity contribution in [3.05, 3.63) is 66.8 Å². The summed E-state index contributed by atoms with van der Waals surface area (Å²) < 4.78 is 0. The third-order valence-electron chi connectivity index (χ3n) is 5.71. The van der Waals surface area contributed by atoms with Gasteiger partial charge in [0.25, 0.3) is 5.91 Å². The van der Waals surface area contributed by atoms with Crippen molar-refractivity contribution in [2.45, 2.75) is 33.1 Å². The first-order valence-electron chi connectivity index (χ1n) is 9.01. The van der Waals surface area contributed by atoms with Crippen molar-refractivity contribution in [3.8, 4) is 0 Å². The van der Waals surface area contributed by atoms with E-state index in [0.29, 0.717) is 17.2 Å². The van der Waals surface area contributed by atoms with E-state index in [4.69, 9.17) is 5.73 Å². The lowest BCUT2D eigenvalue weighted by Crippen LogP contribution is -2.36. The number of anilines is 1. The van der Waals surface area contributed by atoms with E-state index in [1.807, 2.05) is 6.08 Å². The Morgan fingerprint density at radius 3 is 2.73 bits per heavy atom. The molecule has 0 heterocycles. The SMILES string of the molecule is C=C[C@]1(C)CC[C@@H](C(=C)CN(O)C(=O)c2cccc(N)c2)C[C@H]1C(=C)C. The van der Waals surface area contributed by atoms with Gasteiger partial charge in [-0.15, -0.1) is 6.58 Å². The van der Waals surface area contributed by atoms with Crippen LogP contribution in [0.4, 0.5) is 5.69 Å². The highest BCUT2D eigenvalue weighted by atomic mass is 16.5. The summed E-state index contributed by atoms with van der Waals surface area (Å²) in [7, 11) is 0. The van der Waals surface area contributed by atoms with Crippen molar-refractivity contribution in [1.29, 1.82) is 0 Å². The lowest BCUT2D eigenvalue weighted by Gasteiger charge is -2.44. The summed E-state index contributed by atoms with van der Waals surface area (Å²) in [5.41, 5.74) is 8.61. The smallest absolute Gasteiger partial charge is 0.277 e. The molecule has 1 aromatic rings. The molecule has 0 radical (unpaired) electrons.